The van der Waals surface area contributed by atoms with Crippen LogP contribution in [0.4, 0.5) is 0 Å². The van der Waals surface area contributed by atoms with E-state index in [0.717, 1.165) is 11.5 Å². The lowest BCUT2D eigenvalue weighted by Crippen LogP contribution is -2.27. The normalized spacial score (nSPS) is 10.6. The number of nitrogens with zero attached hydrogens (tertiary/aromatic N) is 1. The average molecular weight is 312 g/mol. The lowest BCUT2D eigenvalue weighted by Gasteiger charge is -2.16. The molecule has 0 atom stereocenters. The van der Waals surface area contributed by atoms with Gasteiger partial charge >= 0.3 is 0 Å². The third-order valence-electron chi connectivity index (χ3n) is 3.00. The van der Waals surface area contributed by atoms with Gasteiger partial charge in [0.15, 0.2) is 0 Å². The topological polar surface area (TPSA) is 33.5 Å². The van der Waals surface area contributed by atoms with E-state index in [2.05, 4.69) is 0 Å². The minimum Gasteiger partial charge on any atom is -0.464 e. The van der Waals surface area contributed by atoms with Crippen LogP contribution in [0.2, 0.25) is 10.0 Å². The first kappa shape index (κ1) is 14.9. The quantitative estimate of drug-likeness (QED) is 0.852. The van der Waals surface area contributed by atoms with Crippen LogP contribution >= 0.6 is 23.2 Å². The first-order chi connectivity index (χ1) is 9.47. The van der Waals surface area contributed by atoms with Gasteiger partial charge in [0.1, 0.15) is 11.5 Å². The summed E-state index contributed by atoms with van der Waals surface area (Å²) in [5, 5.41) is 1.01. The summed E-state index contributed by atoms with van der Waals surface area (Å²) in [6.07, 6.45) is 0.175. The van der Waals surface area contributed by atoms with Crippen molar-refractivity contribution in [2.45, 2.75) is 19.9 Å². The predicted octanol–water partition coefficient (Wildman–Crippen LogP) is 4.10. The summed E-state index contributed by atoms with van der Waals surface area (Å²) in [4.78, 5) is 13.8. The second kappa shape index (κ2) is 6.33. The van der Waals surface area contributed by atoms with Gasteiger partial charge in [0.05, 0.1) is 13.0 Å². The van der Waals surface area contributed by atoms with Crippen LogP contribution in [-0.4, -0.2) is 17.9 Å². The Morgan fingerprint density at radius 3 is 2.40 bits per heavy atom. The van der Waals surface area contributed by atoms with Gasteiger partial charge in [-0.2, -0.15) is 0 Å². The van der Waals surface area contributed by atoms with E-state index < -0.39 is 0 Å². The Labute approximate surface area is 128 Å². The van der Waals surface area contributed by atoms with E-state index in [1.807, 2.05) is 19.1 Å². The molecule has 0 aliphatic heterocycles. The zero-order chi connectivity index (χ0) is 14.7. The molecule has 0 fully saturated rings. The van der Waals surface area contributed by atoms with Crippen molar-refractivity contribution in [2.24, 2.45) is 0 Å². The van der Waals surface area contributed by atoms with Gasteiger partial charge in [-0.25, -0.2) is 0 Å². The van der Waals surface area contributed by atoms with Crippen molar-refractivity contribution in [1.82, 2.24) is 4.90 Å². The highest BCUT2D eigenvalue weighted by Crippen LogP contribution is 2.25. The van der Waals surface area contributed by atoms with E-state index in [1.54, 1.807) is 30.1 Å². The molecule has 1 aromatic carbocycles. The molecular weight excluding hydrogens is 297 g/mol. The van der Waals surface area contributed by atoms with Gasteiger partial charge in [0.25, 0.3) is 0 Å². The highest BCUT2D eigenvalue weighted by Gasteiger charge is 2.15. The van der Waals surface area contributed by atoms with Crippen molar-refractivity contribution in [3.63, 3.8) is 0 Å². The molecule has 0 bridgehead atoms. The van der Waals surface area contributed by atoms with Gasteiger partial charge in [0, 0.05) is 17.1 Å². The molecule has 0 aliphatic carbocycles. The lowest BCUT2D eigenvalue weighted by molar-refractivity contribution is -0.129. The Morgan fingerprint density at radius 1 is 1.20 bits per heavy atom. The van der Waals surface area contributed by atoms with Crippen LogP contribution in [0.5, 0.6) is 0 Å². The highest BCUT2D eigenvalue weighted by molar-refractivity contribution is 6.36. The Kier molecular flexibility index (Phi) is 4.73. The predicted molar refractivity (Wildman–Crippen MR) is 80.1 cm³/mol. The molecule has 0 saturated carbocycles. The second-order valence-corrected chi connectivity index (χ2v) is 5.45. The minimum absolute atomic E-state index is 0.0611. The van der Waals surface area contributed by atoms with Crippen molar-refractivity contribution < 1.29 is 9.21 Å². The summed E-state index contributed by atoms with van der Waals surface area (Å²) in [5.74, 6) is 1.52. The fourth-order valence-electron chi connectivity index (χ4n) is 1.88. The molecule has 1 amide bonds. The van der Waals surface area contributed by atoms with Gasteiger partial charge in [-0.1, -0.05) is 29.3 Å². The van der Waals surface area contributed by atoms with E-state index in [1.165, 1.54) is 0 Å². The average Bonchev–Trinajstić information content (AvgIpc) is 2.79. The Balaban J connectivity index is 2.04. The van der Waals surface area contributed by atoms with Crippen LogP contribution in [-0.2, 0) is 17.8 Å². The van der Waals surface area contributed by atoms with Crippen LogP contribution in [0, 0.1) is 6.92 Å². The fourth-order valence-corrected chi connectivity index (χ4v) is 2.41. The maximum atomic E-state index is 12.2. The molecule has 3 nitrogen and oxygen atoms in total. The molecule has 0 saturated heterocycles. The van der Waals surface area contributed by atoms with Crippen LogP contribution in [0.25, 0.3) is 0 Å². The third-order valence-corrected chi connectivity index (χ3v) is 3.71. The minimum atomic E-state index is -0.0611. The van der Waals surface area contributed by atoms with Crippen molar-refractivity contribution >= 4 is 29.1 Å². The monoisotopic (exact) mass is 311 g/mol. The Hall–Kier alpha value is -1.45. The molecule has 2 rings (SSSR count). The zero-order valence-electron chi connectivity index (χ0n) is 11.3. The summed E-state index contributed by atoms with van der Waals surface area (Å²) in [6, 6.07) is 8.95. The van der Waals surface area contributed by atoms with Crippen LogP contribution in [0.15, 0.2) is 34.7 Å². The summed E-state index contributed by atoms with van der Waals surface area (Å²) in [7, 11) is 1.73. The lowest BCUT2D eigenvalue weighted by atomic mass is 10.1. The molecule has 2 aromatic rings. The molecule has 0 spiro atoms. The highest BCUT2D eigenvalue weighted by atomic mass is 35.5. The van der Waals surface area contributed by atoms with Gasteiger partial charge in [-0.15, -0.1) is 0 Å². The number of carbonyl (C=O) groups excluding carboxylic acids is 1. The van der Waals surface area contributed by atoms with Gasteiger partial charge in [-0.3, -0.25) is 4.79 Å². The smallest absolute Gasteiger partial charge is 0.227 e. The zero-order valence-corrected chi connectivity index (χ0v) is 12.8. The van der Waals surface area contributed by atoms with E-state index in [-0.39, 0.29) is 12.3 Å². The number of likely N-dealkylation sites (N-methyl/N-ethyl adjacent to an activating group) is 1. The van der Waals surface area contributed by atoms with Crippen LogP contribution < -0.4 is 0 Å². The number of furan rings is 1. The summed E-state index contributed by atoms with van der Waals surface area (Å²) < 4.78 is 5.46. The Morgan fingerprint density at radius 2 is 1.85 bits per heavy atom. The van der Waals surface area contributed by atoms with Gasteiger partial charge in [0.2, 0.25) is 5.91 Å². The van der Waals surface area contributed by atoms with E-state index in [9.17, 15) is 4.79 Å². The number of carbonyl (C=O) groups is 1. The summed E-state index contributed by atoms with van der Waals surface area (Å²) in [6.45, 7) is 2.30. The van der Waals surface area contributed by atoms with Crippen molar-refractivity contribution in [3.8, 4) is 0 Å². The first-order valence-corrected chi connectivity index (χ1v) is 6.95. The number of hydrogen-bond acceptors (Lipinski definition) is 2. The number of rotatable bonds is 4. The number of hydrogen-bond donors (Lipinski definition) is 0. The van der Waals surface area contributed by atoms with E-state index in [0.29, 0.717) is 22.2 Å². The molecule has 0 radical (unpaired) electrons. The van der Waals surface area contributed by atoms with Crippen molar-refractivity contribution in [1.29, 1.82) is 0 Å². The molecule has 106 valence electrons. The maximum Gasteiger partial charge on any atom is 0.227 e. The molecular formula is C15H15Cl2NO2. The standard InChI is InChI=1S/C15H15Cl2NO2/c1-10-6-7-11(20-10)9-18(2)15(19)8-12-13(16)4-3-5-14(12)17/h3-7H,8-9H2,1-2H3. The number of amides is 1. The van der Waals surface area contributed by atoms with Gasteiger partial charge < -0.3 is 9.32 Å². The molecule has 0 unspecified atom stereocenters. The van der Waals surface area contributed by atoms with Crippen molar-refractivity contribution in [3.05, 3.63) is 57.5 Å². The molecule has 20 heavy (non-hydrogen) atoms. The van der Waals surface area contributed by atoms with E-state index >= 15 is 0 Å². The number of aryl methyl sites for hydroxylation is 1. The Bertz CT molecular complexity index is 602. The van der Waals surface area contributed by atoms with Crippen LogP contribution in [0.1, 0.15) is 17.1 Å². The molecule has 0 aliphatic rings. The largest absolute Gasteiger partial charge is 0.464 e. The van der Waals surface area contributed by atoms with Gasteiger partial charge in [-0.05, 0) is 36.8 Å². The SMILES string of the molecule is Cc1ccc(CN(C)C(=O)Cc2c(Cl)cccc2Cl)o1. The molecule has 1 heterocycles. The number of halogens is 2. The fraction of sp³-hybridized carbons (Fsp3) is 0.267. The first-order valence-electron chi connectivity index (χ1n) is 6.19. The van der Waals surface area contributed by atoms with Crippen LogP contribution in [0.3, 0.4) is 0 Å². The summed E-state index contributed by atoms with van der Waals surface area (Å²) >= 11 is 12.1. The van der Waals surface area contributed by atoms with Crippen molar-refractivity contribution in [2.75, 3.05) is 7.05 Å². The molecule has 5 heteroatoms. The summed E-state index contributed by atoms with van der Waals surface area (Å²) in [5.41, 5.74) is 0.656. The molecule has 1 aromatic heterocycles. The number of benzene rings is 1. The van der Waals surface area contributed by atoms with E-state index in [4.69, 9.17) is 27.6 Å². The molecule has 0 N–H and O–H groups in total. The maximum absolute atomic E-state index is 12.2. The third kappa shape index (κ3) is 3.56. The second-order valence-electron chi connectivity index (χ2n) is 4.64.